The van der Waals surface area contributed by atoms with Crippen molar-refractivity contribution in [3.63, 3.8) is 0 Å². The summed E-state index contributed by atoms with van der Waals surface area (Å²) in [6.07, 6.45) is 1.59. The van der Waals surface area contributed by atoms with Crippen molar-refractivity contribution in [1.82, 2.24) is 0 Å². The molecule has 5 nitrogen and oxygen atoms in total. The van der Waals surface area contributed by atoms with Crippen molar-refractivity contribution in [2.75, 3.05) is 13.2 Å². The first kappa shape index (κ1) is 15.0. The number of aryl methyl sites for hydroxylation is 1. The molecular formula is C19H20O5. The second-order valence-corrected chi connectivity index (χ2v) is 6.37. The van der Waals surface area contributed by atoms with Gasteiger partial charge in [0.2, 0.25) is 0 Å². The van der Waals surface area contributed by atoms with Gasteiger partial charge in [0.05, 0.1) is 12.2 Å². The number of aromatic hydroxyl groups is 2. The smallest absolute Gasteiger partial charge is 0.173 e. The van der Waals surface area contributed by atoms with Crippen molar-refractivity contribution in [3.05, 3.63) is 29.3 Å². The summed E-state index contributed by atoms with van der Waals surface area (Å²) in [7, 11) is 0. The van der Waals surface area contributed by atoms with Crippen LogP contribution in [0.5, 0.6) is 28.7 Å². The molecule has 0 fully saturated rings. The molecule has 0 aromatic heterocycles. The maximum absolute atomic E-state index is 10.6. The third kappa shape index (κ3) is 2.23. The van der Waals surface area contributed by atoms with Crippen LogP contribution >= 0.6 is 0 Å². The van der Waals surface area contributed by atoms with E-state index in [-0.39, 0.29) is 17.6 Å². The number of hydrogen-bond acceptors (Lipinski definition) is 5. The Morgan fingerprint density at radius 1 is 1.04 bits per heavy atom. The van der Waals surface area contributed by atoms with E-state index in [9.17, 15) is 10.2 Å². The fourth-order valence-corrected chi connectivity index (χ4v) is 3.47. The molecule has 0 spiro atoms. The Hall–Kier alpha value is -2.56. The lowest BCUT2D eigenvalue weighted by atomic mass is 9.90. The van der Waals surface area contributed by atoms with Crippen LogP contribution in [-0.2, 0) is 6.42 Å². The highest BCUT2D eigenvalue weighted by Gasteiger charge is 2.29. The van der Waals surface area contributed by atoms with Gasteiger partial charge in [0.1, 0.15) is 30.0 Å². The van der Waals surface area contributed by atoms with Crippen molar-refractivity contribution in [2.45, 2.75) is 32.8 Å². The van der Waals surface area contributed by atoms with Crippen molar-refractivity contribution in [1.29, 1.82) is 0 Å². The Kier molecular flexibility index (Phi) is 3.44. The van der Waals surface area contributed by atoms with E-state index in [4.69, 9.17) is 14.2 Å². The zero-order chi connectivity index (χ0) is 16.8. The summed E-state index contributed by atoms with van der Waals surface area (Å²) in [4.78, 5) is 0. The van der Waals surface area contributed by atoms with E-state index >= 15 is 0 Å². The van der Waals surface area contributed by atoms with Crippen LogP contribution in [0.3, 0.4) is 0 Å². The molecule has 5 heteroatoms. The van der Waals surface area contributed by atoms with E-state index in [2.05, 4.69) is 0 Å². The van der Waals surface area contributed by atoms with E-state index in [0.29, 0.717) is 35.8 Å². The number of benzene rings is 2. The molecule has 2 aliphatic heterocycles. The summed E-state index contributed by atoms with van der Waals surface area (Å²) < 4.78 is 17.5. The molecule has 1 atom stereocenters. The third-order valence-electron chi connectivity index (χ3n) is 4.50. The Balaban J connectivity index is 1.99. The Labute approximate surface area is 140 Å². The molecule has 24 heavy (non-hydrogen) atoms. The number of ether oxygens (including phenoxy) is 3. The predicted octanol–water partition coefficient (Wildman–Crippen LogP) is 3.56. The summed E-state index contributed by atoms with van der Waals surface area (Å²) in [5, 5.41) is 21.1. The van der Waals surface area contributed by atoms with Gasteiger partial charge in [-0.1, -0.05) is 0 Å². The van der Waals surface area contributed by atoms with Gasteiger partial charge in [-0.25, -0.2) is 0 Å². The first-order valence-corrected chi connectivity index (χ1v) is 8.20. The van der Waals surface area contributed by atoms with Gasteiger partial charge in [0.25, 0.3) is 0 Å². The van der Waals surface area contributed by atoms with E-state index in [0.717, 1.165) is 29.7 Å². The highest BCUT2D eigenvalue weighted by molar-refractivity contribution is 5.87. The SMILES string of the molecule is Cc1cc(O)c(-c2c(O)ccc3c2OCC(C)O3)c2c1OCCC2. The summed E-state index contributed by atoms with van der Waals surface area (Å²) in [5.74, 6) is 2.00. The molecule has 1 unspecified atom stereocenters. The van der Waals surface area contributed by atoms with E-state index in [1.807, 2.05) is 13.8 Å². The maximum atomic E-state index is 10.6. The minimum Gasteiger partial charge on any atom is -0.507 e. The summed E-state index contributed by atoms with van der Waals surface area (Å²) in [6, 6.07) is 4.94. The van der Waals surface area contributed by atoms with E-state index < -0.39 is 0 Å². The molecule has 4 rings (SSSR count). The molecule has 126 valence electrons. The normalized spacial score (nSPS) is 18.7. The number of phenols is 2. The molecule has 0 saturated heterocycles. The highest BCUT2D eigenvalue weighted by atomic mass is 16.6. The minimum absolute atomic E-state index is 0.0545. The van der Waals surface area contributed by atoms with Crippen molar-refractivity contribution >= 4 is 0 Å². The monoisotopic (exact) mass is 328 g/mol. The summed E-state index contributed by atoms with van der Waals surface area (Å²) in [6.45, 7) is 4.90. The molecule has 2 aromatic rings. The first-order chi connectivity index (χ1) is 11.6. The first-order valence-electron chi connectivity index (χ1n) is 8.20. The van der Waals surface area contributed by atoms with Gasteiger partial charge in [-0.15, -0.1) is 0 Å². The number of phenolic OH excluding ortho intramolecular Hbond substituents is 2. The maximum Gasteiger partial charge on any atom is 0.173 e. The lowest BCUT2D eigenvalue weighted by Crippen LogP contribution is -2.26. The van der Waals surface area contributed by atoms with Gasteiger partial charge in [-0.05, 0) is 50.5 Å². The molecular weight excluding hydrogens is 308 g/mol. The van der Waals surface area contributed by atoms with E-state index in [1.165, 1.54) is 0 Å². The highest BCUT2D eigenvalue weighted by Crippen LogP contribution is 2.52. The molecule has 0 bridgehead atoms. The Morgan fingerprint density at radius 3 is 2.71 bits per heavy atom. The average Bonchev–Trinajstić information content (AvgIpc) is 2.57. The largest absolute Gasteiger partial charge is 0.507 e. The number of rotatable bonds is 1. The second kappa shape index (κ2) is 5.51. The molecule has 2 N–H and O–H groups in total. The number of fused-ring (bicyclic) bond motifs is 2. The van der Waals surface area contributed by atoms with Gasteiger partial charge in [0.15, 0.2) is 11.5 Å². The number of hydrogen-bond donors (Lipinski definition) is 2. The minimum atomic E-state index is -0.0567. The van der Waals surface area contributed by atoms with Gasteiger partial charge in [-0.3, -0.25) is 0 Å². The summed E-state index contributed by atoms with van der Waals surface area (Å²) in [5.41, 5.74) is 2.84. The lowest BCUT2D eigenvalue weighted by molar-refractivity contribution is 0.104. The molecule has 2 aliphatic rings. The van der Waals surface area contributed by atoms with Crippen LogP contribution in [0.15, 0.2) is 18.2 Å². The van der Waals surface area contributed by atoms with Crippen LogP contribution in [0.4, 0.5) is 0 Å². The zero-order valence-electron chi connectivity index (χ0n) is 13.8. The molecule has 2 aromatic carbocycles. The van der Waals surface area contributed by atoms with Gasteiger partial charge in [-0.2, -0.15) is 0 Å². The molecule has 0 saturated carbocycles. The lowest BCUT2D eigenvalue weighted by Gasteiger charge is -2.28. The van der Waals surface area contributed by atoms with Crippen LogP contribution in [0.2, 0.25) is 0 Å². The molecule has 0 aliphatic carbocycles. The quantitative estimate of drug-likeness (QED) is 0.838. The second-order valence-electron chi connectivity index (χ2n) is 6.37. The fourth-order valence-electron chi connectivity index (χ4n) is 3.47. The fraction of sp³-hybridized carbons (Fsp3) is 0.368. The van der Waals surface area contributed by atoms with Crippen molar-refractivity contribution in [2.24, 2.45) is 0 Å². The molecule has 0 amide bonds. The zero-order valence-corrected chi connectivity index (χ0v) is 13.8. The standard InChI is InChI=1S/C19H20O5/c1-10-8-14(21)16(12-4-3-7-22-18(10)12)17-13(20)5-6-15-19(17)23-9-11(2)24-15/h5-6,8,11,20-21H,3-4,7,9H2,1-2H3. The molecule has 2 heterocycles. The van der Waals surface area contributed by atoms with Crippen LogP contribution in [0.25, 0.3) is 11.1 Å². The molecule has 0 radical (unpaired) electrons. The van der Waals surface area contributed by atoms with Gasteiger partial charge < -0.3 is 24.4 Å². The van der Waals surface area contributed by atoms with Crippen LogP contribution in [0, 0.1) is 6.92 Å². The van der Waals surface area contributed by atoms with Gasteiger partial charge >= 0.3 is 0 Å². The van der Waals surface area contributed by atoms with Crippen LogP contribution in [0.1, 0.15) is 24.5 Å². The predicted molar refractivity (Wildman–Crippen MR) is 89.3 cm³/mol. The van der Waals surface area contributed by atoms with Crippen LogP contribution in [-0.4, -0.2) is 29.5 Å². The Morgan fingerprint density at radius 2 is 1.88 bits per heavy atom. The van der Waals surface area contributed by atoms with Crippen molar-refractivity contribution in [3.8, 4) is 39.9 Å². The topological polar surface area (TPSA) is 68.2 Å². The van der Waals surface area contributed by atoms with E-state index in [1.54, 1.807) is 18.2 Å². The Bertz CT molecular complexity index is 812. The summed E-state index contributed by atoms with van der Waals surface area (Å²) >= 11 is 0. The van der Waals surface area contributed by atoms with Crippen molar-refractivity contribution < 1.29 is 24.4 Å². The average molecular weight is 328 g/mol. The third-order valence-corrected chi connectivity index (χ3v) is 4.50. The van der Waals surface area contributed by atoms with Crippen LogP contribution < -0.4 is 14.2 Å². The van der Waals surface area contributed by atoms with Gasteiger partial charge in [0, 0.05) is 11.1 Å².